The molecule has 3 heteroatoms. The highest BCUT2D eigenvalue weighted by molar-refractivity contribution is 5.64. The van der Waals surface area contributed by atoms with Crippen LogP contribution in [-0.4, -0.2) is 9.97 Å². The highest BCUT2D eigenvalue weighted by Crippen LogP contribution is 2.32. The lowest BCUT2D eigenvalue weighted by molar-refractivity contribution is 0.864. The van der Waals surface area contributed by atoms with E-state index in [9.17, 15) is 0 Å². The molecule has 0 spiro atoms. The zero-order chi connectivity index (χ0) is 17.9. The molecule has 0 saturated heterocycles. The zero-order valence-electron chi connectivity index (χ0n) is 15.5. The Balaban J connectivity index is 1.72. The van der Waals surface area contributed by atoms with E-state index in [0.717, 1.165) is 36.6 Å². The van der Waals surface area contributed by atoms with E-state index >= 15 is 0 Å². The van der Waals surface area contributed by atoms with E-state index in [1.54, 1.807) is 0 Å². The fraction of sp³-hybridized carbons (Fsp3) is 0.304. The molecule has 0 fully saturated rings. The minimum absolute atomic E-state index is 0.448. The van der Waals surface area contributed by atoms with E-state index in [1.165, 1.54) is 28.8 Å². The van der Waals surface area contributed by atoms with Crippen LogP contribution in [0.2, 0.25) is 0 Å². The summed E-state index contributed by atoms with van der Waals surface area (Å²) in [5.41, 5.74) is 6.23. The second-order valence-electron chi connectivity index (χ2n) is 7.26. The molecule has 1 aliphatic rings. The third-order valence-electron chi connectivity index (χ3n) is 5.06. The predicted octanol–water partition coefficient (Wildman–Crippen LogP) is 5.37. The summed E-state index contributed by atoms with van der Waals surface area (Å²) in [6.45, 7) is 5.23. The lowest BCUT2D eigenvalue weighted by Gasteiger charge is -2.15. The summed E-state index contributed by atoms with van der Waals surface area (Å²) in [5.74, 6) is 2.30. The van der Waals surface area contributed by atoms with Gasteiger partial charge < -0.3 is 5.32 Å². The molecule has 0 atom stereocenters. The van der Waals surface area contributed by atoms with E-state index in [0.29, 0.717) is 5.92 Å². The van der Waals surface area contributed by atoms with E-state index in [1.807, 2.05) is 6.07 Å². The van der Waals surface area contributed by atoms with E-state index in [2.05, 4.69) is 67.7 Å². The van der Waals surface area contributed by atoms with Crippen LogP contribution in [0.3, 0.4) is 0 Å². The third-order valence-corrected chi connectivity index (χ3v) is 5.06. The van der Waals surface area contributed by atoms with Crippen LogP contribution >= 0.6 is 0 Å². The number of nitrogens with zero attached hydrogens (tertiary/aromatic N) is 2. The minimum Gasteiger partial charge on any atom is -0.366 e. The Kier molecular flexibility index (Phi) is 4.70. The highest BCUT2D eigenvalue weighted by Gasteiger charge is 2.21. The number of benzene rings is 2. The largest absolute Gasteiger partial charge is 0.366 e. The molecule has 0 radical (unpaired) electrons. The molecule has 3 nitrogen and oxygen atoms in total. The zero-order valence-corrected chi connectivity index (χ0v) is 15.5. The van der Waals surface area contributed by atoms with Gasteiger partial charge in [-0.2, -0.15) is 0 Å². The number of fused-ring (bicyclic) bond motifs is 1. The lowest BCUT2D eigenvalue weighted by atomic mass is 9.96. The van der Waals surface area contributed by atoms with Gasteiger partial charge >= 0.3 is 0 Å². The Morgan fingerprint density at radius 2 is 1.69 bits per heavy atom. The summed E-state index contributed by atoms with van der Waals surface area (Å²) in [7, 11) is 0. The third kappa shape index (κ3) is 3.34. The fourth-order valence-corrected chi connectivity index (χ4v) is 3.68. The van der Waals surface area contributed by atoms with Gasteiger partial charge in [0.25, 0.3) is 0 Å². The number of aromatic nitrogens is 2. The maximum atomic E-state index is 4.95. The van der Waals surface area contributed by atoms with Crippen LogP contribution in [0.5, 0.6) is 0 Å². The number of hydrogen-bond acceptors (Lipinski definition) is 3. The molecule has 0 unspecified atom stereocenters. The van der Waals surface area contributed by atoms with Crippen LogP contribution in [0.4, 0.5) is 5.82 Å². The Labute approximate surface area is 155 Å². The Bertz CT molecular complexity index is 901. The maximum absolute atomic E-state index is 4.95. The molecule has 0 amide bonds. The molecule has 4 rings (SSSR count). The second kappa shape index (κ2) is 7.28. The average Bonchev–Trinajstić information content (AvgIpc) is 3.15. The first-order valence-corrected chi connectivity index (χ1v) is 9.49. The summed E-state index contributed by atoms with van der Waals surface area (Å²) >= 11 is 0. The molecule has 1 aliphatic carbocycles. The smallest absolute Gasteiger partial charge is 0.162 e. The van der Waals surface area contributed by atoms with Crippen molar-refractivity contribution >= 4 is 5.82 Å². The van der Waals surface area contributed by atoms with Crippen molar-refractivity contribution < 1.29 is 0 Å². The van der Waals surface area contributed by atoms with Crippen molar-refractivity contribution in [2.24, 2.45) is 0 Å². The van der Waals surface area contributed by atoms with Crippen molar-refractivity contribution in [3.63, 3.8) is 0 Å². The van der Waals surface area contributed by atoms with Gasteiger partial charge in [-0.15, -0.1) is 0 Å². The first-order chi connectivity index (χ1) is 12.7. The summed E-state index contributed by atoms with van der Waals surface area (Å²) in [4.78, 5) is 9.88. The van der Waals surface area contributed by atoms with Crippen molar-refractivity contribution in [2.75, 3.05) is 5.32 Å². The molecule has 0 saturated carbocycles. The molecule has 3 aromatic rings. The predicted molar refractivity (Wildman–Crippen MR) is 107 cm³/mol. The van der Waals surface area contributed by atoms with Crippen LogP contribution in [0.15, 0.2) is 54.6 Å². The standard InChI is InChI=1S/C23H25N3/c1-16(2)18-11-6-7-12-19(18)23-25-21-14-8-13-20(21)22(26-23)24-15-17-9-4-3-5-10-17/h3-7,9-12,16H,8,13-15H2,1-2H3,(H,24,25,26). The number of aryl methyl sites for hydroxylation is 1. The van der Waals surface area contributed by atoms with Crippen molar-refractivity contribution in [2.45, 2.75) is 45.6 Å². The molecule has 26 heavy (non-hydrogen) atoms. The van der Waals surface area contributed by atoms with Gasteiger partial charge in [-0.1, -0.05) is 68.4 Å². The molecule has 1 heterocycles. The molecule has 1 N–H and O–H groups in total. The van der Waals surface area contributed by atoms with E-state index in [4.69, 9.17) is 9.97 Å². The normalized spacial score (nSPS) is 13.0. The Morgan fingerprint density at radius 3 is 2.50 bits per heavy atom. The van der Waals surface area contributed by atoms with Gasteiger partial charge in [-0.05, 0) is 36.3 Å². The molecule has 2 aromatic carbocycles. The van der Waals surface area contributed by atoms with Crippen LogP contribution in [-0.2, 0) is 19.4 Å². The van der Waals surface area contributed by atoms with E-state index < -0.39 is 0 Å². The molecule has 132 valence electrons. The lowest BCUT2D eigenvalue weighted by Crippen LogP contribution is -2.08. The van der Waals surface area contributed by atoms with Gasteiger partial charge in [0.1, 0.15) is 5.82 Å². The molecule has 0 aliphatic heterocycles. The summed E-state index contributed by atoms with van der Waals surface area (Å²) in [5, 5.41) is 3.57. The van der Waals surface area contributed by atoms with Gasteiger partial charge in [0.2, 0.25) is 0 Å². The summed E-state index contributed by atoms with van der Waals surface area (Å²) in [6, 6.07) is 19.0. The SMILES string of the molecule is CC(C)c1ccccc1-c1nc2c(c(NCc3ccccc3)n1)CCC2. The minimum atomic E-state index is 0.448. The fourth-order valence-electron chi connectivity index (χ4n) is 3.68. The monoisotopic (exact) mass is 343 g/mol. The molecular weight excluding hydrogens is 318 g/mol. The van der Waals surface area contributed by atoms with Gasteiger partial charge in [-0.3, -0.25) is 0 Å². The van der Waals surface area contributed by atoms with Crippen molar-refractivity contribution in [1.82, 2.24) is 9.97 Å². The van der Waals surface area contributed by atoms with Gasteiger partial charge in [-0.25, -0.2) is 9.97 Å². The quantitative estimate of drug-likeness (QED) is 0.677. The summed E-state index contributed by atoms with van der Waals surface area (Å²) in [6.07, 6.45) is 3.28. The van der Waals surface area contributed by atoms with Crippen LogP contribution < -0.4 is 5.32 Å². The van der Waals surface area contributed by atoms with Gasteiger partial charge in [0.15, 0.2) is 5.82 Å². The topological polar surface area (TPSA) is 37.8 Å². The average molecular weight is 343 g/mol. The number of nitrogens with one attached hydrogen (secondary N) is 1. The number of anilines is 1. The molecule has 1 aromatic heterocycles. The van der Waals surface area contributed by atoms with Gasteiger partial charge in [0, 0.05) is 23.4 Å². The first kappa shape index (κ1) is 16.8. The van der Waals surface area contributed by atoms with Crippen LogP contribution in [0, 0.1) is 0 Å². The van der Waals surface area contributed by atoms with Crippen molar-refractivity contribution in [3.8, 4) is 11.4 Å². The maximum Gasteiger partial charge on any atom is 0.162 e. The van der Waals surface area contributed by atoms with Crippen molar-refractivity contribution in [3.05, 3.63) is 77.0 Å². The second-order valence-corrected chi connectivity index (χ2v) is 7.26. The Morgan fingerprint density at radius 1 is 0.923 bits per heavy atom. The molecular formula is C23H25N3. The number of rotatable bonds is 5. The summed E-state index contributed by atoms with van der Waals surface area (Å²) < 4.78 is 0. The van der Waals surface area contributed by atoms with E-state index in [-0.39, 0.29) is 0 Å². The van der Waals surface area contributed by atoms with Crippen LogP contribution in [0.1, 0.15) is 48.6 Å². The Hall–Kier alpha value is -2.68. The van der Waals surface area contributed by atoms with Crippen LogP contribution in [0.25, 0.3) is 11.4 Å². The van der Waals surface area contributed by atoms with Crippen molar-refractivity contribution in [1.29, 1.82) is 0 Å². The molecule has 0 bridgehead atoms. The number of hydrogen-bond donors (Lipinski definition) is 1. The highest BCUT2D eigenvalue weighted by atomic mass is 15.0. The first-order valence-electron chi connectivity index (χ1n) is 9.49. The van der Waals surface area contributed by atoms with Gasteiger partial charge in [0.05, 0.1) is 0 Å².